The van der Waals surface area contributed by atoms with Gasteiger partial charge in [-0.05, 0) is 61.6 Å². The van der Waals surface area contributed by atoms with Gasteiger partial charge in [-0.25, -0.2) is 4.98 Å². The summed E-state index contributed by atoms with van der Waals surface area (Å²) in [5.74, 6) is -1.66. The number of amides is 4. The van der Waals surface area contributed by atoms with E-state index in [0.29, 0.717) is 36.9 Å². The number of morpholine rings is 1. The number of anilines is 2. The van der Waals surface area contributed by atoms with Crippen LogP contribution in [0.15, 0.2) is 48.8 Å². The predicted octanol–water partition coefficient (Wildman–Crippen LogP) is 2.34. The zero-order chi connectivity index (χ0) is 31.8. The fourth-order valence-electron chi connectivity index (χ4n) is 6.44. The van der Waals surface area contributed by atoms with Crippen LogP contribution < -0.4 is 20.9 Å². The molecule has 2 aromatic carbocycles. The highest BCUT2D eigenvalue weighted by Gasteiger charge is 2.44. The first kappa shape index (κ1) is 29.5. The van der Waals surface area contributed by atoms with Crippen LogP contribution >= 0.6 is 0 Å². The molecular formula is C33H34N8O5. The van der Waals surface area contributed by atoms with Crippen LogP contribution in [0.3, 0.4) is 0 Å². The number of carbonyl (C=O) groups is 4. The summed E-state index contributed by atoms with van der Waals surface area (Å²) in [6.07, 6.45) is 6.87. The first-order valence-electron chi connectivity index (χ1n) is 15.5. The number of ether oxygens (including phenoxy) is 1. The topological polar surface area (TPSA) is 170 Å². The molecular weight excluding hydrogens is 588 g/mol. The van der Waals surface area contributed by atoms with Crippen molar-refractivity contribution >= 4 is 57.8 Å². The zero-order valence-electron chi connectivity index (χ0n) is 25.1. The molecule has 0 radical (unpaired) electrons. The normalized spacial score (nSPS) is 23.2. The van der Waals surface area contributed by atoms with Gasteiger partial charge < -0.3 is 25.7 Å². The molecule has 4 N–H and O–H groups in total. The summed E-state index contributed by atoms with van der Waals surface area (Å²) in [7, 11) is 0. The molecule has 3 aromatic rings. The molecule has 236 valence electrons. The highest BCUT2D eigenvalue weighted by atomic mass is 16.5. The van der Waals surface area contributed by atoms with Crippen LogP contribution in [0, 0.1) is 11.3 Å². The maximum Gasteiger partial charge on any atom is 0.262 e. The van der Waals surface area contributed by atoms with Crippen LogP contribution in [0.1, 0.15) is 52.1 Å². The molecule has 2 saturated heterocycles. The standard InChI is InChI=1S/C33H34N8O5/c34-15-20(28-18-37-26-4-2-23(14-27(26)38-28)40-7-9-46-10-8-40)17-36-22-11-19(12-22)16-35-21-1-3-24-25(13-21)33(45)41(32(24)44)29-5-6-30(42)39-31(29)43/h1-4,13-15,17-19,22,29,34-36H,5-12,16H2,(H,39,42,43)/b20-17+,34-15?. The van der Waals surface area contributed by atoms with Gasteiger partial charge in [0.05, 0.1) is 47.3 Å². The van der Waals surface area contributed by atoms with E-state index >= 15 is 0 Å². The minimum Gasteiger partial charge on any atom is -0.388 e. The van der Waals surface area contributed by atoms with E-state index in [1.54, 1.807) is 24.4 Å². The summed E-state index contributed by atoms with van der Waals surface area (Å²) < 4.78 is 5.47. The van der Waals surface area contributed by atoms with Crippen LogP contribution in [-0.2, 0) is 14.3 Å². The molecule has 1 aromatic heterocycles. The second-order valence-corrected chi connectivity index (χ2v) is 12.1. The Kier molecular flexibility index (Phi) is 7.91. The number of allylic oxidation sites excluding steroid dienone is 1. The van der Waals surface area contributed by atoms with E-state index in [2.05, 4.69) is 31.9 Å². The van der Waals surface area contributed by atoms with Crippen molar-refractivity contribution in [2.45, 2.75) is 37.8 Å². The molecule has 4 amide bonds. The van der Waals surface area contributed by atoms with Gasteiger partial charge in [0.15, 0.2) is 0 Å². The molecule has 3 aliphatic heterocycles. The first-order chi connectivity index (χ1) is 22.4. The van der Waals surface area contributed by atoms with Gasteiger partial charge in [0.2, 0.25) is 11.8 Å². The molecule has 0 bridgehead atoms. The van der Waals surface area contributed by atoms with Crippen molar-refractivity contribution in [1.29, 1.82) is 5.41 Å². The lowest BCUT2D eigenvalue weighted by Gasteiger charge is -2.36. The van der Waals surface area contributed by atoms with Crippen LogP contribution in [-0.4, -0.2) is 89.6 Å². The largest absolute Gasteiger partial charge is 0.388 e. The van der Waals surface area contributed by atoms with Crippen LogP contribution in [0.5, 0.6) is 0 Å². The van der Waals surface area contributed by atoms with Crippen LogP contribution in [0.4, 0.5) is 11.4 Å². The van der Waals surface area contributed by atoms with Gasteiger partial charge >= 0.3 is 0 Å². The molecule has 46 heavy (non-hydrogen) atoms. The summed E-state index contributed by atoms with van der Waals surface area (Å²) in [5, 5.41) is 17.0. The number of benzene rings is 2. The number of fused-ring (bicyclic) bond motifs is 2. The van der Waals surface area contributed by atoms with Crippen molar-refractivity contribution < 1.29 is 23.9 Å². The highest BCUT2D eigenvalue weighted by Crippen LogP contribution is 2.32. The number of aromatic nitrogens is 2. The number of hydrogen-bond donors (Lipinski definition) is 4. The van der Waals surface area contributed by atoms with E-state index in [0.717, 1.165) is 53.2 Å². The SMILES string of the molecule is N=C/C(=C\NC1CC(CNc2ccc3c(c2)C(=O)N(C2CCC(=O)NC2=O)C3=O)C1)c1cnc2ccc(N3CCOCC3)cc2n1. The Morgan fingerprint density at radius 2 is 1.83 bits per heavy atom. The third-order valence-electron chi connectivity index (χ3n) is 9.10. The van der Waals surface area contributed by atoms with Crippen molar-refractivity contribution in [3.63, 3.8) is 0 Å². The Morgan fingerprint density at radius 1 is 1.02 bits per heavy atom. The van der Waals surface area contributed by atoms with E-state index < -0.39 is 29.7 Å². The maximum atomic E-state index is 13.1. The van der Waals surface area contributed by atoms with E-state index in [9.17, 15) is 19.2 Å². The molecule has 1 unspecified atom stereocenters. The summed E-state index contributed by atoms with van der Waals surface area (Å²) in [6.45, 7) is 3.78. The smallest absolute Gasteiger partial charge is 0.262 e. The summed E-state index contributed by atoms with van der Waals surface area (Å²) in [5.41, 5.74) is 5.19. The lowest BCUT2D eigenvalue weighted by Crippen LogP contribution is -2.54. The fourth-order valence-corrected chi connectivity index (χ4v) is 6.44. The van der Waals surface area contributed by atoms with E-state index in [1.807, 2.05) is 18.3 Å². The van der Waals surface area contributed by atoms with Crippen molar-refractivity contribution in [2.24, 2.45) is 5.92 Å². The average Bonchev–Trinajstić information content (AvgIpc) is 3.30. The fraction of sp³-hybridized carbons (Fsp3) is 0.364. The number of rotatable bonds is 9. The van der Waals surface area contributed by atoms with Gasteiger partial charge in [-0.2, -0.15) is 0 Å². The molecule has 4 heterocycles. The molecule has 1 saturated carbocycles. The number of piperidine rings is 1. The number of nitrogens with one attached hydrogen (secondary N) is 4. The molecule has 13 heteroatoms. The summed E-state index contributed by atoms with van der Waals surface area (Å²) in [4.78, 5) is 62.5. The van der Waals surface area contributed by atoms with Gasteiger partial charge in [0, 0.05) is 61.5 Å². The predicted molar refractivity (Wildman–Crippen MR) is 171 cm³/mol. The lowest BCUT2D eigenvalue weighted by atomic mass is 9.80. The second-order valence-electron chi connectivity index (χ2n) is 12.1. The third-order valence-corrected chi connectivity index (χ3v) is 9.10. The quantitative estimate of drug-likeness (QED) is 0.205. The second kappa shape index (κ2) is 12.3. The van der Waals surface area contributed by atoms with Gasteiger partial charge in [-0.1, -0.05) is 0 Å². The molecule has 1 aliphatic carbocycles. The number of carbonyl (C=O) groups excluding carboxylic acids is 4. The number of imide groups is 2. The van der Waals surface area contributed by atoms with Crippen molar-refractivity contribution in [2.75, 3.05) is 43.1 Å². The Bertz CT molecular complexity index is 1780. The Balaban J connectivity index is 0.930. The van der Waals surface area contributed by atoms with Crippen molar-refractivity contribution in [1.82, 2.24) is 25.5 Å². The number of nitrogens with zero attached hydrogens (tertiary/aromatic N) is 4. The first-order valence-corrected chi connectivity index (χ1v) is 15.5. The highest BCUT2D eigenvalue weighted by molar-refractivity contribution is 6.23. The Hall–Kier alpha value is -5.17. The number of hydrogen-bond acceptors (Lipinski definition) is 11. The van der Waals surface area contributed by atoms with E-state index in [1.165, 1.54) is 6.21 Å². The third kappa shape index (κ3) is 5.69. The average molecular weight is 623 g/mol. The molecule has 0 spiro atoms. The minimum atomic E-state index is -0.982. The Labute approximate surface area is 264 Å². The van der Waals surface area contributed by atoms with Crippen molar-refractivity contribution in [3.8, 4) is 0 Å². The van der Waals surface area contributed by atoms with Gasteiger partial charge in [0.25, 0.3) is 11.8 Å². The molecule has 3 fully saturated rings. The van der Waals surface area contributed by atoms with Crippen molar-refractivity contribution in [3.05, 3.63) is 65.6 Å². The van der Waals surface area contributed by atoms with Crippen LogP contribution in [0.25, 0.3) is 16.6 Å². The monoisotopic (exact) mass is 622 g/mol. The van der Waals surface area contributed by atoms with Crippen LogP contribution in [0.2, 0.25) is 0 Å². The molecule has 13 nitrogen and oxygen atoms in total. The molecule has 4 aliphatic rings. The van der Waals surface area contributed by atoms with E-state index in [-0.39, 0.29) is 30.0 Å². The summed E-state index contributed by atoms with van der Waals surface area (Å²) >= 11 is 0. The van der Waals surface area contributed by atoms with E-state index in [4.69, 9.17) is 15.1 Å². The summed E-state index contributed by atoms with van der Waals surface area (Å²) in [6, 6.07) is 10.4. The minimum absolute atomic E-state index is 0.0837. The van der Waals surface area contributed by atoms with Gasteiger partial charge in [-0.3, -0.25) is 34.4 Å². The molecule has 7 rings (SSSR count). The Morgan fingerprint density at radius 3 is 2.61 bits per heavy atom. The van der Waals surface area contributed by atoms with Gasteiger partial charge in [0.1, 0.15) is 6.04 Å². The maximum absolute atomic E-state index is 13.1. The molecule has 1 atom stereocenters. The lowest BCUT2D eigenvalue weighted by molar-refractivity contribution is -0.136. The zero-order valence-corrected chi connectivity index (χ0v) is 25.1. The van der Waals surface area contributed by atoms with Gasteiger partial charge in [-0.15, -0.1) is 0 Å².